The van der Waals surface area contributed by atoms with Gasteiger partial charge in [0.1, 0.15) is 18.9 Å². The summed E-state index contributed by atoms with van der Waals surface area (Å²) in [7, 11) is 0. The van der Waals surface area contributed by atoms with Crippen LogP contribution in [0.1, 0.15) is 6.92 Å². The number of alkyl halides is 1. The van der Waals surface area contributed by atoms with Crippen molar-refractivity contribution in [1.29, 1.82) is 0 Å². The summed E-state index contributed by atoms with van der Waals surface area (Å²) in [5.74, 6) is -3.90. The van der Waals surface area contributed by atoms with Gasteiger partial charge in [-0.3, -0.25) is 0 Å². The maximum absolute atomic E-state index is 12.0. The number of rotatable bonds is 6. The van der Waals surface area contributed by atoms with E-state index in [2.05, 4.69) is 0 Å². The van der Waals surface area contributed by atoms with E-state index < -0.39 is 43.3 Å². The van der Waals surface area contributed by atoms with Gasteiger partial charge in [0.15, 0.2) is 0 Å². The fourth-order valence-corrected chi connectivity index (χ4v) is 0.984. The second-order valence-corrected chi connectivity index (χ2v) is 3.60. The molecule has 2 unspecified atom stereocenters. The van der Waals surface area contributed by atoms with Crippen LogP contribution in [0.3, 0.4) is 0 Å². The van der Waals surface area contributed by atoms with Gasteiger partial charge < -0.3 is 30.6 Å². The second-order valence-electron chi connectivity index (χ2n) is 3.60. The van der Waals surface area contributed by atoms with E-state index in [0.717, 1.165) is 0 Å². The lowest BCUT2D eigenvalue weighted by molar-refractivity contribution is -0.265. The van der Waals surface area contributed by atoms with Crippen LogP contribution >= 0.6 is 0 Å². The molecule has 0 amide bonds. The van der Waals surface area contributed by atoms with E-state index >= 15 is 0 Å². The van der Waals surface area contributed by atoms with E-state index in [9.17, 15) is 14.6 Å². The third kappa shape index (κ3) is 3.63. The smallest absolute Gasteiger partial charge is 0.221 e. The Balaban J connectivity index is 4.50. The summed E-state index contributed by atoms with van der Waals surface area (Å²) >= 11 is 0. The molecule has 92 valence electrons. The molecule has 0 spiro atoms. The first-order chi connectivity index (χ1) is 6.77. The summed E-state index contributed by atoms with van der Waals surface area (Å²) in [6.45, 7) is -0.789. The molecule has 0 heterocycles. The van der Waals surface area contributed by atoms with Crippen molar-refractivity contribution in [2.75, 3.05) is 13.3 Å². The Morgan fingerprint density at radius 2 is 1.60 bits per heavy atom. The Morgan fingerprint density at radius 1 is 1.13 bits per heavy atom. The molecule has 7 heteroatoms. The van der Waals surface area contributed by atoms with E-state index in [1.165, 1.54) is 6.92 Å². The maximum atomic E-state index is 12.0. The second kappa shape index (κ2) is 5.69. The summed E-state index contributed by atoms with van der Waals surface area (Å²) in [4.78, 5) is 0. The topological polar surface area (TPSA) is 121 Å². The zero-order chi connectivity index (χ0) is 12.2. The third-order valence-corrected chi connectivity index (χ3v) is 2.21. The Kier molecular flexibility index (Phi) is 5.57. The van der Waals surface area contributed by atoms with E-state index in [-0.39, 0.29) is 0 Å². The molecule has 0 rings (SSSR count). The zero-order valence-corrected chi connectivity index (χ0v) is 8.28. The number of aliphatic hydroxyl groups is 6. The molecule has 0 aromatic carbocycles. The molecule has 0 saturated heterocycles. The van der Waals surface area contributed by atoms with E-state index in [4.69, 9.17) is 20.4 Å². The molecule has 0 fully saturated rings. The number of hydrogen-bond acceptors (Lipinski definition) is 6. The van der Waals surface area contributed by atoms with Crippen LogP contribution in [0.2, 0.25) is 0 Å². The zero-order valence-electron chi connectivity index (χ0n) is 8.28. The fourth-order valence-electron chi connectivity index (χ4n) is 0.984. The molecule has 0 saturated carbocycles. The van der Waals surface area contributed by atoms with Crippen molar-refractivity contribution in [1.82, 2.24) is 0 Å². The molecule has 15 heavy (non-hydrogen) atoms. The first-order valence-electron chi connectivity index (χ1n) is 4.43. The number of hydrogen-bond donors (Lipinski definition) is 6. The average molecular weight is 228 g/mol. The molecule has 0 aromatic rings. The molecule has 0 aliphatic rings. The van der Waals surface area contributed by atoms with Crippen LogP contribution in [0, 0.1) is 5.92 Å². The highest BCUT2D eigenvalue weighted by atomic mass is 19.1. The van der Waals surface area contributed by atoms with Crippen LogP contribution in [0.15, 0.2) is 0 Å². The minimum absolute atomic E-state index is 0.468. The molecule has 0 aromatic heterocycles. The molecule has 6 nitrogen and oxygen atoms in total. The van der Waals surface area contributed by atoms with Gasteiger partial charge in [0.05, 0.1) is 6.10 Å². The average Bonchev–Trinajstić information content (AvgIpc) is 2.24. The summed E-state index contributed by atoms with van der Waals surface area (Å²) in [6, 6.07) is 0. The molecule has 6 N–H and O–H groups in total. The van der Waals surface area contributed by atoms with E-state index in [1.54, 1.807) is 0 Å². The molecular formula is C8H17FO6. The fraction of sp³-hybridized carbons (Fsp3) is 1.00. The van der Waals surface area contributed by atoms with Crippen LogP contribution < -0.4 is 0 Å². The van der Waals surface area contributed by atoms with Crippen LogP contribution in [-0.4, -0.2) is 68.0 Å². The van der Waals surface area contributed by atoms with Gasteiger partial charge in [0, 0.05) is 12.5 Å². The quantitative estimate of drug-likeness (QED) is 0.276. The number of aliphatic hydroxyl groups excluding tert-OH is 4. The van der Waals surface area contributed by atoms with Gasteiger partial charge in [-0.05, 0) is 0 Å². The van der Waals surface area contributed by atoms with Crippen molar-refractivity contribution in [2.24, 2.45) is 5.92 Å². The van der Waals surface area contributed by atoms with Gasteiger partial charge in [-0.1, -0.05) is 6.92 Å². The van der Waals surface area contributed by atoms with Crippen molar-refractivity contribution < 1.29 is 35.0 Å². The van der Waals surface area contributed by atoms with Gasteiger partial charge in [-0.15, -0.1) is 0 Å². The Labute approximate surface area is 86.2 Å². The van der Waals surface area contributed by atoms with Crippen molar-refractivity contribution >= 4 is 0 Å². The molecule has 0 radical (unpaired) electrons. The standard InChI is InChI=1S/C8H17FO6/c1-4(2-10)5(11)6(12)7(13)8(14,15)3-9/h4-7,10-15H,2-3H2,1H3/t4?,5-,6-,7?/m0/s1. The summed E-state index contributed by atoms with van der Waals surface area (Å²) < 4.78 is 12.0. The molecule has 0 aliphatic carbocycles. The highest BCUT2D eigenvalue weighted by molar-refractivity contribution is 4.86. The largest absolute Gasteiger partial charge is 0.396 e. The van der Waals surface area contributed by atoms with Crippen LogP contribution in [0.4, 0.5) is 4.39 Å². The summed E-state index contributed by atoms with van der Waals surface area (Å²) in [6.07, 6.45) is -5.81. The molecule has 0 bridgehead atoms. The SMILES string of the molecule is CC(CO)[C@H](O)[C@H](O)C(O)C(O)(O)CF. The van der Waals surface area contributed by atoms with Crippen molar-refractivity contribution in [3.8, 4) is 0 Å². The predicted octanol–water partition coefficient (Wildman–Crippen LogP) is -2.65. The van der Waals surface area contributed by atoms with Crippen LogP contribution in [0.5, 0.6) is 0 Å². The van der Waals surface area contributed by atoms with E-state index in [1.807, 2.05) is 0 Å². The van der Waals surface area contributed by atoms with Gasteiger partial charge in [0.2, 0.25) is 5.79 Å². The van der Waals surface area contributed by atoms with Gasteiger partial charge >= 0.3 is 0 Å². The lowest BCUT2D eigenvalue weighted by Crippen LogP contribution is -2.55. The minimum Gasteiger partial charge on any atom is -0.396 e. The van der Waals surface area contributed by atoms with Crippen molar-refractivity contribution in [3.63, 3.8) is 0 Å². The number of halogens is 1. The summed E-state index contributed by atoms with van der Waals surface area (Å²) in [5, 5.41) is 54.1. The maximum Gasteiger partial charge on any atom is 0.221 e. The summed E-state index contributed by atoms with van der Waals surface area (Å²) in [5.41, 5.74) is 0. The van der Waals surface area contributed by atoms with E-state index in [0.29, 0.717) is 0 Å². The van der Waals surface area contributed by atoms with Crippen molar-refractivity contribution in [2.45, 2.75) is 31.0 Å². The van der Waals surface area contributed by atoms with Gasteiger partial charge in [0.25, 0.3) is 0 Å². The first-order valence-corrected chi connectivity index (χ1v) is 4.43. The minimum atomic E-state index is -3.12. The molecule has 0 aliphatic heterocycles. The lowest BCUT2D eigenvalue weighted by Gasteiger charge is -2.32. The van der Waals surface area contributed by atoms with Gasteiger partial charge in [-0.2, -0.15) is 0 Å². The Hall–Kier alpha value is -0.310. The highest BCUT2D eigenvalue weighted by Crippen LogP contribution is 2.17. The molecular weight excluding hydrogens is 211 g/mol. The Morgan fingerprint density at radius 3 is 1.93 bits per heavy atom. The normalized spacial score (nSPS) is 20.8. The monoisotopic (exact) mass is 228 g/mol. The lowest BCUT2D eigenvalue weighted by atomic mass is 9.93. The Bertz CT molecular complexity index is 188. The first kappa shape index (κ1) is 14.7. The van der Waals surface area contributed by atoms with Gasteiger partial charge in [-0.25, -0.2) is 4.39 Å². The van der Waals surface area contributed by atoms with Crippen LogP contribution in [-0.2, 0) is 0 Å². The van der Waals surface area contributed by atoms with Crippen molar-refractivity contribution in [3.05, 3.63) is 0 Å². The highest BCUT2D eigenvalue weighted by Gasteiger charge is 2.42. The molecule has 4 atom stereocenters. The predicted molar refractivity (Wildman–Crippen MR) is 47.4 cm³/mol. The van der Waals surface area contributed by atoms with Crippen LogP contribution in [0.25, 0.3) is 0 Å². The third-order valence-electron chi connectivity index (χ3n) is 2.21.